The molecule has 0 bridgehead atoms. The molecular weight excluding hydrogens is 310 g/mol. The van der Waals surface area contributed by atoms with Crippen molar-refractivity contribution in [2.75, 3.05) is 20.5 Å². The lowest BCUT2D eigenvalue weighted by Gasteiger charge is -2.08. The Hall–Kier alpha value is -1.60. The van der Waals surface area contributed by atoms with E-state index in [0.29, 0.717) is 5.57 Å². The fourth-order valence-electron chi connectivity index (χ4n) is 1.86. The molecule has 1 heterocycles. The van der Waals surface area contributed by atoms with E-state index >= 15 is 0 Å². The molecule has 1 aliphatic carbocycles. The summed E-state index contributed by atoms with van der Waals surface area (Å²) in [7, 11) is 2.46. The van der Waals surface area contributed by atoms with Gasteiger partial charge in [-0.25, -0.2) is 9.59 Å². The summed E-state index contributed by atoms with van der Waals surface area (Å²) in [6.07, 6.45) is 9.18. The molecule has 2 aliphatic rings. The van der Waals surface area contributed by atoms with Gasteiger partial charge in [0.05, 0.1) is 14.2 Å². The van der Waals surface area contributed by atoms with Gasteiger partial charge in [0.2, 0.25) is 0 Å². The number of carbonyl (C=O) groups is 2. The highest BCUT2D eigenvalue weighted by Crippen LogP contribution is 2.38. The highest BCUT2D eigenvalue weighted by molar-refractivity contribution is 8.18. The molecule has 0 spiro atoms. The van der Waals surface area contributed by atoms with Crippen molar-refractivity contribution in [3.05, 3.63) is 46.1 Å². The van der Waals surface area contributed by atoms with E-state index in [2.05, 4.69) is 14.8 Å². The number of allylic oxidation sites excluding steroid dienone is 5. The zero-order chi connectivity index (χ0) is 15.4. The maximum atomic E-state index is 11.8. The molecule has 0 aromatic rings. The van der Waals surface area contributed by atoms with E-state index in [1.807, 2.05) is 18.4 Å². The average Bonchev–Trinajstić information content (AvgIpc) is 2.81. The van der Waals surface area contributed by atoms with Crippen LogP contribution < -0.4 is 5.32 Å². The predicted molar refractivity (Wildman–Crippen MR) is 84.4 cm³/mol. The zero-order valence-electron chi connectivity index (χ0n) is 11.8. The molecule has 0 amide bonds. The van der Waals surface area contributed by atoms with E-state index < -0.39 is 11.9 Å². The number of esters is 2. The summed E-state index contributed by atoms with van der Waals surface area (Å²) in [5.41, 5.74) is 1.32. The van der Waals surface area contributed by atoms with Gasteiger partial charge in [-0.15, -0.1) is 11.8 Å². The van der Waals surface area contributed by atoms with Crippen LogP contribution in [0.3, 0.4) is 0 Å². The number of rotatable bonds is 3. The smallest absolute Gasteiger partial charge is 0.345 e. The first kappa shape index (κ1) is 15.8. The molecule has 7 heteroatoms. The second-order valence-electron chi connectivity index (χ2n) is 4.09. The second kappa shape index (κ2) is 6.91. The van der Waals surface area contributed by atoms with E-state index in [-0.39, 0.29) is 10.3 Å². The predicted octanol–water partition coefficient (Wildman–Crippen LogP) is 1.95. The van der Waals surface area contributed by atoms with E-state index in [9.17, 15) is 9.59 Å². The van der Waals surface area contributed by atoms with Gasteiger partial charge >= 0.3 is 11.9 Å². The second-order valence-corrected chi connectivity index (χ2v) is 6.48. The third kappa shape index (κ3) is 3.36. The topological polar surface area (TPSA) is 64.6 Å². The SMILES string of the molecule is COC(=O)C(C(=O)OC)=C1C=CC2=C(C=C1)SC(SC)N2. The number of methoxy groups -OCH3 is 2. The van der Waals surface area contributed by atoms with Gasteiger partial charge in [-0.3, -0.25) is 0 Å². The Morgan fingerprint density at radius 2 is 1.76 bits per heavy atom. The molecule has 0 aromatic carbocycles. The summed E-state index contributed by atoms with van der Waals surface area (Å²) in [4.78, 5) is 24.6. The molecule has 1 aliphatic heterocycles. The van der Waals surface area contributed by atoms with Crippen LogP contribution in [0.15, 0.2) is 46.1 Å². The minimum Gasteiger partial charge on any atom is -0.465 e. The Bertz CT molecular complexity index is 544. The fraction of sp³-hybridized carbons (Fsp3) is 0.286. The van der Waals surface area contributed by atoms with Crippen molar-refractivity contribution >= 4 is 35.5 Å². The summed E-state index contributed by atoms with van der Waals surface area (Å²) in [5, 5.41) is 3.34. The molecule has 0 aromatic heterocycles. The molecular formula is C14H15NO4S2. The lowest BCUT2D eigenvalue weighted by atomic mass is 10.1. The normalized spacial score (nSPS) is 19.8. The van der Waals surface area contributed by atoms with Gasteiger partial charge in [-0.2, -0.15) is 0 Å². The van der Waals surface area contributed by atoms with Crippen molar-refractivity contribution in [2.45, 2.75) is 4.71 Å². The molecule has 0 saturated heterocycles. The number of hydrogen-bond acceptors (Lipinski definition) is 7. The molecule has 1 N–H and O–H groups in total. The zero-order valence-corrected chi connectivity index (χ0v) is 13.5. The highest BCUT2D eigenvalue weighted by Gasteiger charge is 2.25. The molecule has 5 nitrogen and oxygen atoms in total. The average molecular weight is 325 g/mol. The lowest BCUT2D eigenvalue weighted by molar-refractivity contribution is -0.144. The minimum atomic E-state index is -0.712. The summed E-state index contributed by atoms with van der Waals surface area (Å²) in [6, 6.07) is 0. The lowest BCUT2D eigenvalue weighted by Crippen LogP contribution is -2.18. The number of nitrogens with one attached hydrogen (secondary N) is 1. The van der Waals surface area contributed by atoms with Gasteiger partial charge in [-0.1, -0.05) is 23.9 Å². The molecule has 0 saturated carbocycles. The molecule has 21 heavy (non-hydrogen) atoms. The Labute approximate surface area is 131 Å². The monoisotopic (exact) mass is 325 g/mol. The van der Waals surface area contributed by atoms with Crippen molar-refractivity contribution in [1.29, 1.82) is 0 Å². The number of thioether (sulfide) groups is 2. The van der Waals surface area contributed by atoms with E-state index in [0.717, 1.165) is 10.6 Å². The summed E-state index contributed by atoms with van der Waals surface area (Å²) >= 11 is 3.40. The first-order valence-electron chi connectivity index (χ1n) is 6.08. The fourth-order valence-corrected chi connectivity index (χ4v) is 3.61. The summed E-state index contributed by atoms with van der Waals surface area (Å²) in [5.74, 6) is -1.42. The van der Waals surface area contributed by atoms with E-state index in [1.54, 1.807) is 35.7 Å². The van der Waals surface area contributed by atoms with E-state index in [4.69, 9.17) is 0 Å². The van der Waals surface area contributed by atoms with Crippen LogP contribution in [0.4, 0.5) is 0 Å². The van der Waals surface area contributed by atoms with Crippen molar-refractivity contribution in [3.63, 3.8) is 0 Å². The number of carbonyl (C=O) groups excluding carboxylic acids is 2. The van der Waals surface area contributed by atoms with Crippen LogP contribution in [-0.4, -0.2) is 37.1 Å². The van der Waals surface area contributed by atoms with Crippen LogP contribution in [0.2, 0.25) is 0 Å². The molecule has 0 fully saturated rings. The Kier molecular flexibility index (Phi) is 5.19. The maximum Gasteiger partial charge on any atom is 0.345 e. The third-order valence-corrected chi connectivity index (χ3v) is 5.25. The highest BCUT2D eigenvalue weighted by atomic mass is 32.2. The minimum absolute atomic E-state index is 0.111. The van der Waals surface area contributed by atoms with Crippen LogP contribution in [0.1, 0.15) is 0 Å². The van der Waals surface area contributed by atoms with Gasteiger partial charge < -0.3 is 14.8 Å². The molecule has 0 radical (unpaired) electrons. The molecule has 112 valence electrons. The quantitative estimate of drug-likeness (QED) is 0.368. The van der Waals surface area contributed by atoms with Crippen molar-refractivity contribution < 1.29 is 19.1 Å². The van der Waals surface area contributed by atoms with Crippen LogP contribution in [-0.2, 0) is 19.1 Å². The van der Waals surface area contributed by atoms with Crippen LogP contribution in [0, 0.1) is 0 Å². The third-order valence-electron chi connectivity index (χ3n) is 2.90. The van der Waals surface area contributed by atoms with Crippen LogP contribution >= 0.6 is 23.5 Å². The largest absolute Gasteiger partial charge is 0.465 e. The van der Waals surface area contributed by atoms with Crippen molar-refractivity contribution in [1.82, 2.24) is 5.32 Å². The van der Waals surface area contributed by atoms with Crippen molar-refractivity contribution in [3.8, 4) is 0 Å². The van der Waals surface area contributed by atoms with Gasteiger partial charge in [0.1, 0.15) is 4.71 Å². The van der Waals surface area contributed by atoms with E-state index in [1.165, 1.54) is 14.2 Å². The van der Waals surface area contributed by atoms with Gasteiger partial charge in [-0.05, 0) is 24.0 Å². The number of ether oxygens (including phenoxy) is 2. The van der Waals surface area contributed by atoms with Crippen molar-refractivity contribution in [2.24, 2.45) is 0 Å². The first-order chi connectivity index (χ1) is 10.1. The number of hydrogen-bond donors (Lipinski definition) is 1. The van der Waals surface area contributed by atoms with Gasteiger partial charge in [0, 0.05) is 10.6 Å². The Morgan fingerprint density at radius 3 is 2.33 bits per heavy atom. The van der Waals surface area contributed by atoms with Gasteiger partial charge in [0.25, 0.3) is 0 Å². The molecule has 2 rings (SSSR count). The maximum absolute atomic E-state index is 11.8. The Morgan fingerprint density at radius 1 is 1.14 bits per heavy atom. The van der Waals surface area contributed by atoms with Crippen LogP contribution in [0.5, 0.6) is 0 Å². The standard InChI is InChI=1S/C14H15NO4S2/c1-18-12(16)11(13(17)19-2)8-4-6-9-10(7-5-8)21-14(15-9)20-3/h4-7,14-15H,1-3H3. The van der Waals surface area contributed by atoms with Crippen LogP contribution in [0.25, 0.3) is 0 Å². The molecule has 1 unspecified atom stereocenters. The first-order valence-corrected chi connectivity index (χ1v) is 8.24. The van der Waals surface area contributed by atoms with Gasteiger partial charge in [0.15, 0.2) is 5.57 Å². The Balaban J connectivity index is 2.35. The summed E-state index contributed by atoms with van der Waals surface area (Å²) in [6.45, 7) is 0. The summed E-state index contributed by atoms with van der Waals surface area (Å²) < 4.78 is 9.58. The molecule has 1 atom stereocenters.